The summed E-state index contributed by atoms with van der Waals surface area (Å²) in [6.07, 6.45) is 3.81. The van der Waals surface area contributed by atoms with Gasteiger partial charge in [-0.05, 0) is 66.1 Å². The van der Waals surface area contributed by atoms with Crippen LogP contribution in [0.1, 0.15) is 58.9 Å². The summed E-state index contributed by atoms with van der Waals surface area (Å²) >= 11 is 0. The van der Waals surface area contributed by atoms with Gasteiger partial charge < -0.3 is 10.2 Å². The van der Waals surface area contributed by atoms with Gasteiger partial charge in [-0.25, -0.2) is 0 Å². The molecule has 0 aliphatic heterocycles. The predicted molar refractivity (Wildman–Crippen MR) is 136 cm³/mol. The molecule has 4 unspecified atom stereocenters. The Morgan fingerprint density at radius 1 is 0.941 bits per heavy atom. The summed E-state index contributed by atoms with van der Waals surface area (Å²) in [5, 5.41) is 22.1. The minimum Gasteiger partial charge on any atom is -0.392 e. The van der Waals surface area contributed by atoms with Crippen molar-refractivity contribution >= 4 is 10.9 Å². The second kappa shape index (κ2) is 10.6. The van der Waals surface area contributed by atoms with Crippen LogP contribution in [-0.4, -0.2) is 27.4 Å². The summed E-state index contributed by atoms with van der Waals surface area (Å²) in [6, 6.07) is 21.6. The van der Waals surface area contributed by atoms with Gasteiger partial charge in [-0.3, -0.25) is 4.98 Å². The standard InChI is InChI=1S/C16H12N.C14H26O2.Ir/c1-12-7-9-16-14(11-12)8-10-15(17-16)13-5-3-2-4-6-13;1-13(2)7-5-6-9-8-14(3,4)12(16)10(9)11(13)15;/h2-5,7-11H,1H3;9-12,15-16H,5-8H2,1-4H3;/q-1;;. The Bertz CT molecular complexity index is 1100. The molecule has 34 heavy (non-hydrogen) atoms. The van der Waals surface area contributed by atoms with Crippen molar-refractivity contribution in [1.82, 2.24) is 4.98 Å². The summed E-state index contributed by atoms with van der Waals surface area (Å²) < 4.78 is 0. The average Bonchev–Trinajstić information content (AvgIpc) is 2.94. The van der Waals surface area contributed by atoms with Crippen LogP contribution in [0.5, 0.6) is 0 Å². The average molecular weight is 637 g/mol. The van der Waals surface area contributed by atoms with Gasteiger partial charge in [-0.2, -0.15) is 0 Å². The first kappa shape index (κ1) is 27.0. The van der Waals surface area contributed by atoms with Crippen LogP contribution in [0.3, 0.4) is 0 Å². The minimum absolute atomic E-state index is 0. The van der Waals surface area contributed by atoms with Crippen molar-refractivity contribution in [2.45, 2.75) is 72.5 Å². The fourth-order valence-corrected chi connectivity index (χ4v) is 5.87. The maximum absolute atomic E-state index is 10.5. The van der Waals surface area contributed by atoms with Crippen molar-refractivity contribution in [1.29, 1.82) is 0 Å². The van der Waals surface area contributed by atoms with Crippen molar-refractivity contribution in [2.24, 2.45) is 22.7 Å². The van der Waals surface area contributed by atoms with E-state index in [1.54, 1.807) is 0 Å². The third-order valence-corrected chi connectivity index (χ3v) is 7.89. The molecule has 4 atom stereocenters. The van der Waals surface area contributed by atoms with Crippen LogP contribution in [0, 0.1) is 35.7 Å². The van der Waals surface area contributed by atoms with Crippen molar-refractivity contribution in [3.8, 4) is 11.3 Å². The number of nitrogens with zero attached hydrogens (tertiary/aromatic N) is 1. The van der Waals surface area contributed by atoms with E-state index in [1.807, 2.05) is 30.3 Å². The van der Waals surface area contributed by atoms with Crippen molar-refractivity contribution in [3.63, 3.8) is 0 Å². The van der Waals surface area contributed by atoms with Crippen molar-refractivity contribution in [3.05, 3.63) is 66.2 Å². The molecule has 1 aromatic heterocycles. The number of aliphatic hydroxyl groups excluding tert-OH is 2. The van der Waals surface area contributed by atoms with E-state index in [-0.39, 0.29) is 49.1 Å². The third-order valence-electron chi connectivity index (χ3n) is 7.89. The van der Waals surface area contributed by atoms with Gasteiger partial charge in [-0.15, -0.1) is 35.9 Å². The monoisotopic (exact) mass is 637 g/mol. The molecule has 2 aliphatic rings. The topological polar surface area (TPSA) is 53.4 Å². The second-order valence-electron chi connectivity index (χ2n) is 11.5. The quantitative estimate of drug-likeness (QED) is 0.297. The number of aryl methyl sites for hydroxylation is 1. The Morgan fingerprint density at radius 3 is 2.38 bits per heavy atom. The molecular formula is C30H38IrNO2-. The van der Waals surface area contributed by atoms with Crippen LogP contribution in [-0.2, 0) is 20.1 Å². The molecule has 3 aromatic rings. The first-order chi connectivity index (χ1) is 15.6. The number of aromatic nitrogens is 1. The van der Waals surface area contributed by atoms with E-state index >= 15 is 0 Å². The van der Waals surface area contributed by atoms with E-state index in [0.717, 1.165) is 29.6 Å². The molecule has 2 aromatic carbocycles. The first-order valence-corrected chi connectivity index (χ1v) is 12.3. The van der Waals surface area contributed by atoms with Gasteiger partial charge in [0, 0.05) is 26.0 Å². The first-order valence-electron chi connectivity index (χ1n) is 12.3. The summed E-state index contributed by atoms with van der Waals surface area (Å²) in [7, 11) is 0. The van der Waals surface area contributed by atoms with Gasteiger partial charge in [0.05, 0.1) is 17.7 Å². The number of hydrogen-bond donors (Lipinski definition) is 2. The smallest absolute Gasteiger partial charge is 0.0646 e. The van der Waals surface area contributed by atoms with E-state index in [4.69, 9.17) is 0 Å². The van der Waals surface area contributed by atoms with Crippen molar-refractivity contribution < 1.29 is 30.3 Å². The Morgan fingerprint density at radius 2 is 1.68 bits per heavy atom. The van der Waals surface area contributed by atoms with Crippen LogP contribution in [0.2, 0.25) is 0 Å². The summed E-state index contributed by atoms with van der Waals surface area (Å²) in [6.45, 7) is 10.6. The summed E-state index contributed by atoms with van der Waals surface area (Å²) in [5.41, 5.74) is 4.24. The molecule has 0 spiro atoms. The van der Waals surface area contributed by atoms with Crippen molar-refractivity contribution in [2.75, 3.05) is 0 Å². The van der Waals surface area contributed by atoms with E-state index in [9.17, 15) is 10.2 Å². The molecule has 4 heteroatoms. The normalized spacial score (nSPS) is 27.0. The molecule has 5 rings (SSSR count). The van der Waals surface area contributed by atoms with Crippen LogP contribution in [0.15, 0.2) is 54.6 Å². The van der Waals surface area contributed by atoms with Gasteiger partial charge in [0.25, 0.3) is 0 Å². The fourth-order valence-electron chi connectivity index (χ4n) is 5.87. The van der Waals surface area contributed by atoms with Gasteiger partial charge in [0.15, 0.2) is 0 Å². The number of pyridine rings is 1. The van der Waals surface area contributed by atoms with Gasteiger partial charge in [-0.1, -0.05) is 57.9 Å². The molecule has 1 heterocycles. The third kappa shape index (κ3) is 5.62. The molecule has 185 valence electrons. The molecule has 2 aliphatic carbocycles. The molecular weight excluding hydrogens is 599 g/mol. The molecule has 0 amide bonds. The zero-order valence-corrected chi connectivity index (χ0v) is 23.4. The Labute approximate surface area is 218 Å². The summed E-state index contributed by atoms with van der Waals surface area (Å²) in [4.78, 5) is 4.66. The van der Waals surface area contributed by atoms with Crippen LogP contribution < -0.4 is 0 Å². The van der Waals surface area contributed by atoms with Gasteiger partial charge in [0.1, 0.15) is 0 Å². The Balaban J connectivity index is 0.000000186. The maximum atomic E-state index is 10.5. The molecule has 2 saturated carbocycles. The number of aliphatic hydroxyl groups is 2. The van der Waals surface area contributed by atoms with Gasteiger partial charge in [0.2, 0.25) is 0 Å². The van der Waals surface area contributed by atoms with E-state index in [2.05, 4.69) is 69.9 Å². The zero-order valence-electron chi connectivity index (χ0n) is 21.0. The SMILES string of the molecule is CC1(C)CCCC2CC(C)(C)C(O)C2C1O.Cc1ccc2nc(-c3[c-]cccc3)ccc2c1.[Ir]. The Kier molecular flexibility index (Phi) is 8.41. The van der Waals surface area contributed by atoms with Crippen LogP contribution >= 0.6 is 0 Å². The number of benzene rings is 2. The van der Waals surface area contributed by atoms with Gasteiger partial charge >= 0.3 is 0 Å². The molecule has 3 nitrogen and oxygen atoms in total. The fraction of sp³-hybridized carbons (Fsp3) is 0.500. The number of hydrogen-bond acceptors (Lipinski definition) is 3. The van der Waals surface area contributed by atoms with E-state index < -0.39 is 0 Å². The van der Waals surface area contributed by atoms with E-state index in [0.29, 0.717) is 5.92 Å². The molecule has 1 radical (unpaired) electrons. The maximum Gasteiger partial charge on any atom is 0.0646 e. The molecule has 2 N–H and O–H groups in total. The molecule has 0 bridgehead atoms. The Hall–Kier alpha value is -1.58. The minimum atomic E-state index is -0.350. The predicted octanol–water partition coefficient (Wildman–Crippen LogP) is 6.59. The number of rotatable bonds is 1. The largest absolute Gasteiger partial charge is 0.392 e. The second-order valence-corrected chi connectivity index (χ2v) is 11.5. The number of fused-ring (bicyclic) bond motifs is 2. The van der Waals surface area contributed by atoms with Crippen LogP contribution in [0.4, 0.5) is 0 Å². The summed E-state index contributed by atoms with van der Waals surface area (Å²) in [5.74, 6) is 0.606. The molecule has 0 saturated heterocycles. The molecule has 2 fully saturated rings. The zero-order chi connectivity index (χ0) is 23.8. The van der Waals surface area contributed by atoms with Crippen LogP contribution in [0.25, 0.3) is 22.2 Å². The van der Waals surface area contributed by atoms with E-state index in [1.165, 1.54) is 23.8 Å².